The van der Waals surface area contributed by atoms with Gasteiger partial charge < -0.3 is 11.1 Å². The van der Waals surface area contributed by atoms with E-state index < -0.39 is 0 Å². The third-order valence-electron chi connectivity index (χ3n) is 4.47. The summed E-state index contributed by atoms with van der Waals surface area (Å²) in [7, 11) is 0. The molecule has 3 N–H and O–H groups in total. The first-order valence-corrected chi connectivity index (χ1v) is 10.5. The largest absolute Gasteiger partial charge is 0.368 e. The van der Waals surface area contributed by atoms with Crippen molar-refractivity contribution in [3.63, 3.8) is 0 Å². The van der Waals surface area contributed by atoms with Crippen molar-refractivity contribution in [3.8, 4) is 5.69 Å². The number of benzene rings is 2. The minimum atomic E-state index is -0.324. The van der Waals surface area contributed by atoms with Crippen LogP contribution in [0.2, 0.25) is 0 Å². The van der Waals surface area contributed by atoms with Crippen LogP contribution < -0.4 is 11.1 Å². The lowest BCUT2D eigenvalue weighted by Gasteiger charge is -2.07. The summed E-state index contributed by atoms with van der Waals surface area (Å²) in [4.78, 5) is 21.5. The summed E-state index contributed by atoms with van der Waals surface area (Å²) in [5, 5.41) is 9.05. The SMILES string of the molecule is Nc1nc(CSc2ncnc3c2cnn3-c2ccccc2)nc(Nc2ccc(F)cc2)n1. The van der Waals surface area contributed by atoms with Gasteiger partial charge in [0.2, 0.25) is 11.9 Å². The normalized spacial score (nSPS) is 11.0. The number of thioether (sulfide) groups is 1. The Labute approximate surface area is 186 Å². The van der Waals surface area contributed by atoms with Gasteiger partial charge in [-0.15, -0.1) is 0 Å². The smallest absolute Gasteiger partial charge is 0.232 e. The predicted octanol–water partition coefficient (Wildman–Crippen LogP) is 3.76. The molecule has 0 saturated carbocycles. The molecule has 32 heavy (non-hydrogen) atoms. The predicted molar refractivity (Wildman–Crippen MR) is 120 cm³/mol. The zero-order chi connectivity index (χ0) is 21.9. The minimum Gasteiger partial charge on any atom is -0.368 e. The first-order valence-electron chi connectivity index (χ1n) is 9.56. The maximum atomic E-state index is 13.1. The van der Waals surface area contributed by atoms with E-state index in [-0.39, 0.29) is 17.7 Å². The third kappa shape index (κ3) is 4.18. The minimum absolute atomic E-state index is 0.0879. The van der Waals surface area contributed by atoms with Gasteiger partial charge in [-0.3, -0.25) is 0 Å². The molecule has 5 aromatic rings. The highest BCUT2D eigenvalue weighted by molar-refractivity contribution is 7.98. The van der Waals surface area contributed by atoms with Crippen molar-refractivity contribution in [2.75, 3.05) is 11.1 Å². The van der Waals surface area contributed by atoms with E-state index in [0.717, 1.165) is 16.1 Å². The van der Waals surface area contributed by atoms with Gasteiger partial charge in [-0.05, 0) is 36.4 Å². The summed E-state index contributed by atoms with van der Waals surface area (Å²) >= 11 is 1.45. The van der Waals surface area contributed by atoms with E-state index in [2.05, 4.69) is 35.3 Å². The summed E-state index contributed by atoms with van der Waals surface area (Å²) in [6.07, 6.45) is 3.25. The fourth-order valence-electron chi connectivity index (χ4n) is 3.05. The molecule has 0 spiro atoms. The average molecular weight is 445 g/mol. The van der Waals surface area contributed by atoms with Crippen LogP contribution in [-0.2, 0) is 5.75 Å². The standard InChI is InChI=1S/C21H16FN9S/c22-13-6-8-14(9-7-13)27-21-29-17(28-20(23)30-21)11-32-19-16-10-26-31(18(16)24-12-25-19)15-4-2-1-3-5-15/h1-10,12H,11H2,(H3,23,27,28,29,30). The van der Waals surface area contributed by atoms with Gasteiger partial charge in [0.1, 0.15) is 23.0 Å². The Morgan fingerprint density at radius 2 is 1.78 bits per heavy atom. The number of rotatable bonds is 6. The summed E-state index contributed by atoms with van der Waals surface area (Å²) < 4.78 is 14.9. The van der Waals surface area contributed by atoms with Crippen molar-refractivity contribution in [1.29, 1.82) is 0 Å². The van der Waals surface area contributed by atoms with Crippen LogP contribution in [-0.4, -0.2) is 34.7 Å². The Hall–Kier alpha value is -4.12. The molecular weight excluding hydrogens is 429 g/mol. The molecule has 0 aliphatic carbocycles. The summed E-state index contributed by atoms with van der Waals surface area (Å²) in [5.41, 5.74) is 8.12. The van der Waals surface area contributed by atoms with Crippen molar-refractivity contribution in [1.82, 2.24) is 34.7 Å². The number of halogens is 1. The van der Waals surface area contributed by atoms with Crippen LogP contribution in [0.5, 0.6) is 0 Å². The van der Waals surface area contributed by atoms with Gasteiger partial charge in [-0.1, -0.05) is 30.0 Å². The Morgan fingerprint density at radius 3 is 2.59 bits per heavy atom. The third-order valence-corrected chi connectivity index (χ3v) is 5.47. The monoisotopic (exact) mass is 445 g/mol. The first kappa shape index (κ1) is 19.8. The Bertz CT molecular complexity index is 1370. The Balaban J connectivity index is 1.37. The van der Waals surface area contributed by atoms with E-state index in [0.29, 0.717) is 22.9 Å². The molecule has 0 aliphatic heterocycles. The van der Waals surface area contributed by atoms with E-state index in [9.17, 15) is 4.39 Å². The lowest BCUT2D eigenvalue weighted by atomic mass is 10.3. The maximum absolute atomic E-state index is 13.1. The molecule has 3 aromatic heterocycles. The quantitative estimate of drug-likeness (QED) is 0.297. The molecule has 9 nitrogen and oxygen atoms in total. The zero-order valence-corrected chi connectivity index (χ0v) is 17.4. The number of aromatic nitrogens is 7. The lowest BCUT2D eigenvalue weighted by Crippen LogP contribution is -2.06. The van der Waals surface area contributed by atoms with Crippen molar-refractivity contribution < 1.29 is 4.39 Å². The van der Waals surface area contributed by atoms with Crippen LogP contribution in [0.25, 0.3) is 16.7 Å². The van der Waals surface area contributed by atoms with Crippen LogP contribution in [0.1, 0.15) is 5.82 Å². The zero-order valence-electron chi connectivity index (χ0n) is 16.6. The number of fused-ring (bicyclic) bond motifs is 1. The van der Waals surface area contributed by atoms with E-state index >= 15 is 0 Å². The molecule has 11 heteroatoms. The number of hydrogen-bond acceptors (Lipinski definition) is 9. The highest BCUT2D eigenvalue weighted by Crippen LogP contribution is 2.28. The highest BCUT2D eigenvalue weighted by atomic mass is 32.2. The molecule has 0 radical (unpaired) electrons. The molecule has 158 valence electrons. The average Bonchev–Trinajstić information content (AvgIpc) is 3.24. The van der Waals surface area contributed by atoms with Crippen molar-refractivity contribution in [2.24, 2.45) is 0 Å². The molecule has 0 amide bonds. The molecule has 0 atom stereocenters. The van der Waals surface area contributed by atoms with Gasteiger partial charge in [-0.2, -0.15) is 20.1 Å². The molecule has 0 saturated heterocycles. The Morgan fingerprint density at radius 1 is 0.969 bits per heavy atom. The van der Waals surface area contributed by atoms with Crippen LogP contribution in [0.15, 0.2) is 72.1 Å². The van der Waals surface area contributed by atoms with Crippen molar-refractivity contribution >= 4 is 40.4 Å². The van der Waals surface area contributed by atoms with E-state index in [4.69, 9.17) is 5.73 Å². The maximum Gasteiger partial charge on any atom is 0.232 e. The lowest BCUT2D eigenvalue weighted by molar-refractivity contribution is 0.628. The van der Waals surface area contributed by atoms with E-state index in [1.54, 1.807) is 23.0 Å². The van der Waals surface area contributed by atoms with Gasteiger partial charge in [0.25, 0.3) is 0 Å². The fraction of sp³-hybridized carbons (Fsp3) is 0.0476. The molecule has 0 aliphatic rings. The number of hydrogen-bond donors (Lipinski definition) is 2. The number of anilines is 3. The fourth-order valence-corrected chi connectivity index (χ4v) is 3.87. The summed E-state index contributed by atoms with van der Waals surface area (Å²) in [6, 6.07) is 15.6. The highest BCUT2D eigenvalue weighted by Gasteiger charge is 2.13. The second kappa shape index (κ2) is 8.55. The topological polar surface area (TPSA) is 120 Å². The van der Waals surface area contributed by atoms with Crippen molar-refractivity contribution in [2.45, 2.75) is 10.8 Å². The van der Waals surface area contributed by atoms with E-state index in [1.165, 1.54) is 30.2 Å². The summed E-state index contributed by atoms with van der Waals surface area (Å²) in [6.45, 7) is 0. The molecular formula is C21H16FN9S. The van der Waals surface area contributed by atoms with Crippen LogP contribution in [0, 0.1) is 5.82 Å². The van der Waals surface area contributed by atoms with Crippen molar-refractivity contribution in [3.05, 3.63) is 78.8 Å². The van der Waals surface area contributed by atoms with Crippen LogP contribution in [0.4, 0.5) is 22.0 Å². The number of nitrogens with zero attached hydrogens (tertiary/aromatic N) is 7. The van der Waals surface area contributed by atoms with Crippen LogP contribution >= 0.6 is 11.8 Å². The number of para-hydroxylation sites is 1. The Kier molecular flexibility index (Phi) is 5.30. The first-order chi connectivity index (χ1) is 15.7. The van der Waals surface area contributed by atoms with Gasteiger partial charge >= 0.3 is 0 Å². The van der Waals surface area contributed by atoms with E-state index in [1.807, 2.05) is 30.3 Å². The van der Waals surface area contributed by atoms with Gasteiger partial charge in [-0.25, -0.2) is 19.0 Å². The molecule has 0 bridgehead atoms. The number of nitrogens with two attached hydrogens (primary N) is 1. The number of nitrogen functional groups attached to an aromatic ring is 1. The molecule has 2 aromatic carbocycles. The second-order valence-corrected chi connectivity index (χ2v) is 7.63. The van der Waals surface area contributed by atoms with Gasteiger partial charge in [0, 0.05) is 5.69 Å². The number of nitrogens with one attached hydrogen (secondary N) is 1. The van der Waals surface area contributed by atoms with Gasteiger partial charge in [0.15, 0.2) is 5.65 Å². The molecule has 0 fully saturated rings. The molecule has 5 rings (SSSR count). The second-order valence-electron chi connectivity index (χ2n) is 6.66. The van der Waals surface area contributed by atoms with Gasteiger partial charge in [0.05, 0.1) is 23.0 Å². The molecule has 3 heterocycles. The summed E-state index contributed by atoms with van der Waals surface area (Å²) in [5.74, 6) is 0.936. The molecule has 0 unspecified atom stereocenters. The van der Waals surface area contributed by atoms with Crippen LogP contribution in [0.3, 0.4) is 0 Å².